The Morgan fingerprint density at radius 2 is 1.79 bits per heavy atom. The van der Waals surface area contributed by atoms with Crippen LogP contribution in [0.15, 0.2) is 54.6 Å². The minimum atomic E-state index is -1.13. The van der Waals surface area contributed by atoms with Gasteiger partial charge >= 0.3 is 6.03 Å². The number of carbonyl (C=O) groups excluding carboxylic acids is 3. The van der Waals surface area contributed by atoms with Gasteiger partial charge in [-0.05, 0) is 36.0 Å². The van der Waals surface area contributed by atoms with Crippen molar-refractivity contribution in [2.45, 2.75) is 31.3 Å². The van der Waals surface area contributed by atoms with Crippen LogP contribution in [0.3, 0.4) is 0 Å². The maximum atomic E-state index is 13.5. The van der Waals surface area contributed by atoms with Crippen molar-refractivity contribution < 1.29 is 19.6 Å². The van der Waals surface area contributed by atoms with Crippen LogP contribution in [0.1, 0.15) is 29.5 Å². The number of nitrogens with zero attached hydrogens (tertiary/aromatic N) is 2. The van der Waals surface area contributed by atoms with Gasteiger partial charge in [0, 0.05) is 6.54 Å². The topological polar surface area (TPSA) is 90.0 Å². The fraction of sp³-hybridized carbons (Fsp3) is 0.286. The van der Waals surface area contributed by atoms with Gasteiger partial charge in [0.05, 0.1) is 0 Å². The van der Waals surface area contributed by atoms with E-state index in [1.165, 1.54) is 5.48 Å². The first-order chi connectivity index (χ1) is 13.6. The molecule has 28 heavy (non-hydrogen) atoms. The number of rotatable bonds is 4. The van der Waals surface area contributed by atoms with Gasteiger partial charge in [-0.2, -0.15) is 0 Å². The van der Waals surface area contributed by atoms with Crippen molar-refractivity contribution in [2.75, 3.05) is 6.54 Å². The van der Waals surface area contributed by atoms with Crippen molar-refractivity contribution in [2.24, 2.45) is 0 Å². The number of hydrogen-bond acceptors (Lipinski definition) is 4. The van der Waals surface area contributed by atoms with Crippen LogP contribution < -0.4 is 5.48 Å². The van der Waals surface area contributed by atoms with E-state index >= 15 is 0 Å². The molecule has 1 spiro atoms. The Morgan fingerprint density at radius 3 is 2.54 bits per heavy atom. The van der Waals surface area contributed by atoms with Crippen LogP contribution in [-0.2, 0) is 28.1 Å². The number of benzene rings is 2. The summed E-state index contributed by atoms with van der Waals surface area (Å²) in [7, 11) is 0. The highest BCUT2D eigenvalue weighted by Gasteiger charge is 2.59. The van der Waals surface area contributed by atoms with Crippen LogP contribution in [0.5, 0.6) is 0 Å². The Balaban J connectivity index is 1.82. The van der Waals surface area contributed by atoms with Gasteiger partial charge in [0.1, 0.15) is 12.1 Å². The number of nitrogens with one attached hydrogen (secondary N) is 1. The van der Waals surface area contributed by atoms with Crippen molar-refractivity contribution in [1.82, 2.24) is 15.3 Å². The van der Waals surface area contributed by atoms with Crippen molar-refractivity contribution in [3.8, 4) is 0 Å². The Morgan fingerprint density at radius 1 is 1.07 bits per heavy atom. The predicted molar refractivity (Wildman–Crippen MR) is 100 cm³/mol. The number of imide groups is 1. The molecule has 1 aliphatic heterocycles. The van der Waals surface area contributed by atoms with Crippen LogP contribution in [0.25, 0.3) is 0 Å². The number of hydrogen-bond donors (Lipinski definition) is 2. The van der Waals surface area contributed by atoms with Gasteiger partial charge in [-0.1, -0.05) is 54.6 Å². The number of aryl methyl sites for hydroxylation is 1. The molecule has 1 unspecified atom stereocenters. The molecular formula is C21H21N3O4. The largest absolute Gasteiger partial charge is 0.328 e. The van der Waals surface area contributed by atoms with Crippen LogP contribution >= 0.6 is 0 Å². The quantitative estimate of drug-likeness (QED) is 0.484. The molecule has 1 atom stereocenters. The number of hydroxylamine groups is 1. The molecule has 2 aromatic carbocycles. The first-order valence-corrected chi connectivity index (χ1v) is 9.27. The highest BCUT2D eigenvalue weighted by Crippen LogP contribution is 2.46. The highest BCUT2D eigenvalue weighted by molar-refractivity contribution is 6.09. The summed E-state index contributed by atoms with van der Waals surface area (Å²) >= 11 is 0. The van der Waals surface area contributed by atoms with Gasteiger partial charge in [-0.3, -0.25) is 19.7 Å². The summed E-state index contributed by atoms with van der Waals surface area (Å²) in [6.07, 6.45) is 2.11. The molecule has 7 heteroatoms. The molecule has 7 nitrogen and oxygen atoms in total. The molecule has 0 saturated carbocycles. The van der Waals surface area contributed by atoms with Gasteiger partial charge in [-0.25, -0.2) is 10.3 Å². The number of urea groups is 1. The lowest BCUT2D eigenvalue weighted by Gasteiger charge is -2.40. The number of fused-ring (bicyclic) bond motifs is 2. The number of amides is 4. The average molecular weight is 379 g/mol. The molecule has 0 radical (unpaired) electrons. The maximum Gasteiger partial charge on any atom is 0.328 e. The molecule has 1 heterocycles. The summed E-state index contributed by atoms with van der Waals surface area (Å²) < 4.78 is 0. The highest BCUT2D eigenvalue weighted by atomic mass is 16.5. The third-order valence-electron chi connectivity index (χ3n) is 5.58. The van der Waals surface area contributed by atoms with E-state index in [4.69, 9.17) is 5.21 Å². The van der Waals surface area contributed by atoms with E-state index in [2.05, 4.69) is 0 Å². The molecule has 4 amide bonds. The van der Waals surface area contributed by atoms with Crippen LogP contribution in [0.4, 0.5) is 4.79 Å². The van der Waals surface area contributed by atoms with E-state index < -0.39 is 29.9 Å². The molecule has 1 saturated heterocycles. The molecule has 2 N–H and O–H groups in total. The minimum absolute atomic E-state index is 0.261. The zero-order valence-electron chi connectivity index (χ0n) is 15.3. The third kappa shape index (κ3) is 2.75. The first-order valence-electron chi connectivity index (χ1n) is 9.27. The van der Waals surface area contributed by atoms with Crippen molar-refractivity contribution >= 4 is 17.8 Å². The summed E-state index contributed by atoms with van der Waals surface area (Å²) in [5, 5.41) is 8.87. The second kappa shape index (κ2) is 7.09. The normalized spacial score (nSPS) is 21.2. The number of carbonyl (C=O) groups is 3. The maximum absolute atomic E-state index is 13.5. The molecule has 4 rings (SSSR count). The average Bonchev–Trinajstić information content (AvgIpc) is 2.92. The second-order valence-corrected chi connectivity index (χ2v) is 7.15. The van der Waals surface area contributed by atoms with Crippen molar-refractivity contribution in [3.05, 3.63) is 71.3 Å². The third-order valence-corrected chi connectivity index (χ3v) is 5.58. The summed E-state index contributed by atoms with van der Waals surface area (Å²) in [5.41, 5.74) is 3.14. The lowest BCUT2D eigenvalue weighted by atomic mass is 9.75. The Hall–Kier alpha value is -3.19. The zero-order chi connectivity index (χ0) is 19.7. The summed E-state index contributed by atoms with van der Waals surface area (Å²) in [6.45, 7) is -0.250. The Kier molecular flexibility index (Phi) is 4.60. The van der Waals surface area contributed by atoms with Crippen molar-refractivity contribution in [3.63, 3.8) is 0 Å². The first kappa shape index (κ1) is 18.2. The van der Waals surface area contributed by atoms with Crippen LogP contribution in [-0.4, -0.2) is 39.4 Å². The van der Waals surface area contributed by atoms with E-state index in [9.17, 15) is 14.4 Å². The molecule has 2 aromatic rings. The molecule has 144 valence electrons. The molecule has 2 aliphatic rings. The molecular weight excluding hydrogens is 358 g/mol. The molecule has 1 aliphatic carbocycles. The monoisotopic (exact) mass is 379 g/mol. The fourth-order valence-corrected chi connectivity index (χ4v) is 4.34. The van der Waals surface area contributed by atoms with Gasteiger partial charge in [0.15, 0.2) is 0 Å². The lowest BCUT2D eigenvalue weighted by Crippen LogP contribution is -2.49. The smallest absolute Gasteiger partial charge is 0.301 e. The summed E-state index contributed by atoms with van der Waals surface area (Å²) in [6, 6.07) is 16.6. The van der Waals surface area contributed by atoms with Gasteiger partial charge < -0.3 is 4.90 Å². The Bertz CT molecular complexity index is 930. The molecule has 0 aromatic heterocycles. The fourth-order valence-electron chi connectivity index (χ4n) is 4.34. The summed E-state index contributed by atoms with van der Waals surface area (Å²) in [4.78, 5) is 41.0. The van der Waals surface area contributed by atoms with E-state index in [0.29, 0.717) is 6.42 Å². The predicted octanol–water partition coefficient (Wildman–Crippen LogP) is 2.19. The SMILES string of the molecule is O=C(CN1C(=O)N(Cc2ccccc2)C2(CCCc3ccccc32)C1=O)NO. The zero-order valence-corrected chi connectivity index (χ0v) is 15.3. The standard InChI is InChI=1S/C21H21N3O4/c25-18(22-28)14-23-19(26)21(12-6-10-16-9-4-5-11-17(16)21)24(20(23)27)13-15-7-2-1-3-8-15/h1-5,7-9,11,28H,6,10,12-14H2,(H,22,25). The summed E-state index contributed by atoms with van der Waals surface area (Å²) in [5.74, 6) is -1.22. The van der Waals surface area contributed by atoms with Crippen LogP contribution in [0.2, 0.25) is 0 Å². The van der Waals surface area contributed by atoms with E-state index in [-0.39, 0.29) is 6.54 Å². The van der Waals surface area contributed by atoms with Gasteiger partial charge in [0.2, 0.25) is 0 Å². The van der Waals surface area contributed by atoms with E-state index in [0.717, 1.165) is 34.4 Å². The molecule has 1 fully saturated rings. The van der Waals surface area contributed by atoms with Crippen molar-refractivity contribution in [1.29, 1.82) is 0 Å². The van der Waals surface area contributed by atoms with Gasteiger partial charge in [0.25, 0.3) is 11.8 Å². The van der Waals surface area contributed by atoms with Crippen LogP contribution in [0, 0.1) is 0 Å². The lowest BCUT2D eigenvalue weighted by molar-refractivity contribution is -0.139. The molecule has 0 bridgehead atoms. The van der Waals surface area contributed by atoms with E-state index in [1.54, 1.807) is 4.90 Å². The second-order valence-electron chi connectivity index (χ2n) is 7.15. The van der Waals surface area contributed by atoms with E-state index in [1.807, 2.05) is 54.6 Å². The Labute approximate surface area is 162 Å². The van der Waals surface area contributed by atoms with Gasteiger partial charge in [-0.15, -0.1) is 0 Å². The minimum Gasteiger partial charge on any atom is -0.301 e.